The summed E-state index contributed by atoms with van der Waals surface area (Å²) >= 11 is 0. The molecule has 2 fully saturated rings. The number of fused-ring (bicyclic) bond motifs is 2. The van der Waals surface area contributed by atoms with Gasteiger partial charge in [0.25, 0.3) is 0 Å². The van der Waals surface area contributed by atoms with E-state index in [1.807, 2.05) is 109 Å². The molecular formula is C45H52O9. The summed E-state index contributed by atoms with van der Waals surface area (Å²) in [5.41, 5.74) is 3.80. The summed E-state index contributed by atoms with van der Waals surface area (Å²) < 4.78 is 45.0. The highest BCUT2D eigenvalue weighted by Crippen LogP contribution is 2.53. The number of carboxylic acid groups (broad SMARTS) is 1. The summed E-state index contributed by atoms with van der Waals surface area (Å²) in [5.74, 6) is -2.52. The van der Waals surface area contributed by atoms with Crippen molar-refractivity contribution in [1.29, 1.82) is 0 Å². The third-order valence-corrected chi connectivity index (χ3v) is 10.2. The molecule has 54 heavy (non-hydrogen) atoms. The molecule has 4 aromatic carbocycles. The summed E-state index contributed by atoms with van der Waals surface area (Å²) in [6.45, 7) is 7.65. The second-order valence-electron chi connectivity index (χ2n) is 14.4. The number of benzene rings is 4. The van der Waals surface area contributed by atoms with Crippen LogP contribution in [-0.4, -0.2) is 67.4 Å². The van der Waals surface area contributed by atoms with Gasteiger partial charge < -0.3 is 38.3 Å². The summed E-state index contributed by atoms with van der Waals surface area (Å²) in [6.07, 6.45) is -1.65. The van der Waals surface area contributed by atoms with Crippen molar-refractivity contribution >= 4 is 5.97 Å². The van der Waals surface area contributed by atoms with Crippen molar-refractivity contribution in [3.05, 3.63) is 156 Å². The third-order valence-electron chi connectivity index (χ3n) is 10.2. The molecule has 2 aliphatic heterocycles. The lowest BCUT2D eigenvalue weighted by Crippen LogP contribution is -2.55. The Hall–Kier alpha value is -4.19. The molecule has 0 aliphatic carbocycles. The van der Waals surface area contributed by atoms with Gasteiger partial charge in [0, 0.05) is 20.0 Å². The van der Waals surface area contributed by atoms with E-state index < -0.39 is 35.7 Å². The van der Waals surface area contributed by atoms with Crippen molar-refractivity contribution in [2.75, 3.05) is 20.5 Å². The first-order chi connectivity index (χ1) is 26.3. The van der Waals surface area contributed by atoms with Gasteiger partial charge in [-0.1, -0.05) is 135 Å². The van der Waals surface area contributed by atoms with Gasteiger partial charge in [-0.15, -0.1) is 0 Å². The number of methoxy groups -OCH3 is 1. The second kappa shape index (κ2) is 18.9. The minimum absolute atomic E-state index is 0.00365. The molecule has 4 aromatic rings. The zero-order chi connectivity index (χ0) is 37.8. The van der Waals surface area contributed by atoms with E-state index in [4.69, 9.17) is 33.2 Å². The maximum atomic E-state index is 12.8. The van der Waals surface area contributed by atoms with E-state index >= 15 is 0 Å². The fourth-order valence-electron chi connectivity index (χ4n) is 7.66. The van der Waals surface area contributed by atoms with E-state index in [0.29, 0.717) is 13.0 Å². The van der Waals surface area contributed by atoms with Crippen molar-refractivity contribution in [3.8, 4) is 0 Å². The average Bonchev–Trinajstić information content (AvgIpc) is 3.38. The summed E-state index contributed by atoms with van der Waals surface area (Å²) in [5, 5.41) is 10.5. The van der Waals surface area contributed by atoms with Gasteiger partial charge in [-0.25, -0.2) is 4.79 Å². The lowest BCUT2D eigenvalue weighted by atomic mass is 9.87. The first-order valence-electron chi connectivity index (χ1n) is 18.7. The van der Waals surface area contributed by atoms with Gasteiger partial charge >= 0.3 is 5.97 Å². The number of hydrogen-bond acceptors (Lipinski definition) is 8. The Morgan fingerprint density at radius 2 is 1.31 bits per heavy atom. The van der Waals surface area contributed by atoms with Gasteiger partial charge in [0.15, 0.2) is 11.9 Å². The summed E-state index contributed by atoms with van der Waals surface area (Å²) in [4.78, 5) is 12.8. The predicted octanol–water partition coefficient (Wildman–Crippen LogP) is 7.92. The fourth-order valence-corrected chi connectivity index (χ4v) is 7.66. The molecule has 1 unspecified atom stereocenters. The van der Waals surface area contributed by atoms with Gasteiger partial charge in [-0.05, 0) is 46.6 Å². The first kappa shape index (κ1) is 39.5. The average molecular weight is 737 g/mol. The van der Waals surface area contributed by atoms with Crippen LogP contribution in [0.3, 0.4) is 0 Å². The van der Waals surface area contributed by atoms with Crippen molar-refractivity contribution < 1.29 is 43.1 Å². The highest BCUT2D eigenvalue weighted by molar-refractivity contribution is 5.72. The molecule has 0 amide bonds. The molecule has 2 saturated heterocycles. The summed E-state index contributed by atoms with van der Waals surface area (Å²) in [6, 6.07) is 40.1. The lowest BCUT2D eigenvalue weighted by Gasteiger charge is -2.43. The van der Waals surface area contributed by atoms with Crippen molar-refractivity contribution in [2.45, 2.75) is 88.2 Å². The van der Waals surface area contributed by atoms with Gasteiger partial charge in [0.05, 0.1) is 32.5 Å². The topological polar surface area (TPSA) is 102 Å². The smallest absolute Gasteiger partial charge is 0.333 e. The Morgan fingerprint density at radius 3 is 1.85 bits per heavy atom. The molecule has 0 spiro atoms. The van der Waals surface area contributed by atoms with Crippen LogP contribution in [-0.2, 0) is 64.2 Å². The normalized spacial score (nSPS) is 24.5. The SMILES string of the molecule is C=C(CC[C@]12OC(C(=O)O)C[C@](COCOC)(O1)[C@H](OCc1ccccc1)[C@H]2OCc1ccccc1)[C@@H](OCc1ccccc1)[C@H](C)Cc1ccccc1. The summed E-state index contributed by atoms with van der Waals surface area (Å²) in [7, 11) is 1.54. The molecule has 7 atom stereocenters. The number of carbonyl (C=O) groups is 1. The van der Waals surface area contributed by atoms with E-state index in [1.54, 1.807) is 0 Å². The minimum atomic E-state index is -1.51. The number of carboxylic acids is 1. The van der Waals surface area contributed by atoms with Gasteiger partial charge in [-0.3, -0.25) is 0 Å². The lowest BCUT2D eigenvalue weighted by molar-refractivity contribution is -0.341. The number of ether oxygens (including phenoxy) is 7. The van der Waals surface area contributed by atoms with E-state index in [2.05, 4.69) is 25.6 Å². The number of hydrogen-bond donors (Lipinski definition) is 1. The molecule has 2 heterocycles. The molecule has 1 N–H and O–H groups in total. The minimum Gasteiger partial charge on any atom is -0.479 e. The first-order valence-corrected chi connectivity index (χ1v) is 18.7. The van der Waals surface area contributed by atoms with E-state index in [-0.39, 0.29) is 51.5 Å². The zero-order valence-corrected chi connectivity index (χ0v) is 31.2. The van der Waals surface area contributed by atoms with Gasteiger partial charge in [0.2, 0.25) is 0 Å². The van der Waals surface area contributed by atoms with Crippen LogP contribution in [0.1, 0.15) is 48.4 Å². The maximum absolute atomic E-state index is 12.8. The molecule has 0 aromatic heterocycles. The van der Waals surface area contributed by atoms with Crippen LogP contribution >= 0.6 is 0 Å². The quantitative estimate of drug-likeness (QED) is 0.0520. The predicted molar refractivity (Wildman–Crippen MR) is 204 cm³/mol. The Labute approximate surface area is 318 Å². The monoisotopic (exact) mass is 736 g/mol. The fraction of sp³-hybridized carbons (Fsp3) is 0.400. The molecule has 9 nitrogen and oxygen atoms in total. The molecule has 9 heteroatoms. The molecule has 2 bridgehead atoms. The Kier molecular flexibility index (Phi) is 13.8. The molecule has 286 valence electrons. The van der Waals surface area contributed by atoms with Crippen LogP contribution in [0.4, 0.5) is 0 Å². The van der Waals surface area contributed by atoms with Crippen molar-refractivity contribution in [2.24, 2.45) is 5.92 Å². The van der Waals surface area contributed by atoms with Crippen LogP contribution in [0.15, 0.2) is 133 Å². The van der Waals surface area contributed by atoms with Crippen LogP contribution < -0.4 is 0 Å². The third kappa shape index (κ3) is 9.91. The molecular weight excluding hydrogens is 684 g/mol. The van der Waals surface area contributed by atoms with Crippen LogP contribution in [0.2, 0.25) is 0 Å². The molecule has 6 rings (SSSR count). The molecule has 0 saturated carbocycles. The van der Waals surface area contributed by atoms with Crippen molar-refractivity contribution in [3.63, 3.8) is 0 Å². The van der Waals surface area contributed by atoms with E-state index in [1.165, 1.54) is 12.7 Å². The Balaban J connectivity index is 1.32. The standard InChI is InChI=1S/C45H52O9/c1-33(40(50-28-36-18-10-5-11-19-36)34(2)26-35-16-8-4-9-17-35)24-25-45-42(52-30-38-22-14-7-15-23-38)41(51-29-37-20-12-6-13-21-37)44(54-45,31-49-32-48-3)27-39(53-45)43(46)47/h4-23,34,39-42H,1,24-32H2,2-3H3,(H,46,47)/t34-,39?,40-,41-,42-,44-,45+/m1/s1. The van der Waals surface area contributed by atoms with Gasteiger partial charge in [-0.2, -0.15) is 0 Å². The zero-order valence-electron chi connectivity index (χ0n) is 31.2. The maximum Gasteiger partial charge on any atom is 0.333 e. The van der Waals surface area contributed by atoms with Crippen molar-refractivity contribution in [1.82, 2.24) is 0 Å². The largest absolute Gasteiger partial charge is 0.479 e. The second-order valence-corrected chi connectivity index (χ2v) is 14.4. The van der Waals surface area contributed by atoms with Crippen LogP contribution in [0.5, 0.6) is 0 Å². The molecule has 0 radical (unpaired) electrons. The van der Waals surface area contributed by atoms with E-state index in [0.717, 1.165) is 28.7 Å². The van der Waals surface area contributed by atoms with Crippen LogP contribution in [0, 0.1) is 5.92 Å². The number of rotatable bonds is 21. The van der Waals surface area contributed by atoms with E-state index in [9.17, 15) is 9.90 Å². The number of aliphatic carboxylic acids is 1. The Morgan fingerprint density at radius 1 is 0.796 bits per heavy atom. The Bertz CT molecular complexity index is 1740. The van der Waals surface area contributed by atoms with Crippen LogP contribution in [0.25, 0.3) is 0 Å². The van der Waals surface area contributed by atoms with Gasteiger partial charge in [0.1, 0.15) is 24.6 Å². The highest BCUT2D eigenvalue weighted by Gasteiger charge is 2.70. The molecule has 2 aliphatic rings. The highest BCUT2D eigenvalue weighted by atomic mass is 16.8.